The lowest BCUT2D eigenvalue weighted by Crippen LogP contribution is -2.32. The van der Waals surface area contributed by atoms with Crippen molar-refractivity contribution in [3.63, 3.8) is 0 Å². The Balaban J connectivity index is 3.62. The zero-order chi connectivity index (χ0) is 11.7. The highest BCUT2D eigenvalue weighted by atomic mass is 32.2. The van der Waals surface area contributed by atoms with Crippen molar-refractivity contribution in [3.8, 4) is 12.3 Å². The molecule has 15 heavy (non-hydrogen) atoms. The molecule has 4 nitrogen and oxygen atoms in total. The number of sulfonamides is 1. The van der Waals surface area contributed by atoms with E-state index in [1.165, 1.54) is 10.6 Å². The molecule has 0 aliphatic heterocycles. The number of hydrogen-bond acceptors (Lipinski definition) is 3. The van der Waals surface area contributed by atoms with Gasteiger partial charge in [-0.3, -0.25) is 0 Å². The van der Waals surface area contributed by atoms with Crippen LogP contribution in [0.1, 0.15) is 19.8 Å². The van der Waals surface area contributed by atoms with Crippen molar-refractivity contribution >= 4 is 10.0 Å². The zero-order valence-electron chi connectivity index (χ0n) is 9.49. The molecule has 0 fully saturated rings. The summed E-state index contributed by atoms with van der Waals surface area (Å²) in [6.45, 7) is 4.53. The van der Waals surface area contributed by atoms with Crippen molar-refractivity contribution in [2.75, 3.05) is 32.4 Å². The van der Waals surface area contributed by atoms with E-state index in [1.54, 1.807) is 0 Å². The summed E-state index contributed by atoms with van der Waals surface area (Å²) < 4.78 is 23.9. The van der Waals surface area contributed by atoms with Crippen LogP contribution in [0.2, 0.25) is 0 Å². The molecule has 0 aromatic carbocycles. The average Bonchev–Trinajstić information content (AvgIpc) is 2.15. The molecule has 0 spiro atoms. The fourth-order valence-corrected chi connectivity index (χ4v) is 2.15. The third-order valence-electron chi connectivity index (χ3n) is 2.03. The summed E-state index contributed by atoms with van der Waals surface area (Å²) >= 11 is 0. The third kappa shape index (κ3) is 7.37. The molecule has 0 bridgehead atoms. The summed E-state index contributed by atoms with van der Waals surface area (Å²) in [5.74, 6) is 2.53. The molecule has 0 heterocycles. The lowest BCUT2D eigenvalue weighted by Gasteiger charge is -2.17. The Morgan fingerprint density at radius 1 is 1.40 bits per heavy atom. The van der Waals surface area contributed by atoms with E-state index in [0.29, 0.717) is 19.5 Å². The molecule has 0 unspecified atom stereocenters. The molecule has 1 N–H and O–H groups in total. The van der Waals surface area contributed by atoms with Crippen LogP contribution in [0.5, 0.6) is 0 Å². The minimum absolute atomic E-state index is 0.531. The summed E-state index contributed by atoms with van der Waals surface area (Å²) in [6.07, 6.45) is 7.85. The minimum Gasteiger partial charge on any atom is -0.316 e. The highest BCUT2D eigenvalue weighted by Gasteiger charge is 2.12. The molecule has 5 heteroatoms. The fourth-order valence-electron chi connectivity index (χ4n) is 1.22. The van der Waals surface area contributed by atoms with E-state index < -0.39 is 10.0 Å². The van der Waals surface area contributed by atoms with Gasteiger partial charge in [-0.15, -0.1) is 12.3 Å². The first-order chi connectivity index (χ1) is 7.02. The highest BCUT2D eigenvalue weighted by molar-refractivity contribution is 7.88. The van der Waals surface area contributed by atoms with E-state index in [9.17, 15) is 8.42 Å². The van der Waals surface area contributed by atoms with Crippen molar-refractivity contribution in [1.29, 1.82) is 0 Å². The van der Waals surface area contributed by atoms with E-state index >= 15 is 0 Å². The van der Waals surface area contributed by atoms with Crippen molar-refractivity contribution in [2.24, 2.45) is 0 Å². The lowest BCUT2D eigenvalue weighted by molar-refractivity contribution is 0.420. The lowest BCUT2D eigenvalue weighted by atomic mass is 10.4. The van der Waals surface area contributed by atoms with Crippen LogP contribution in [-0.4, -0.2) is 45.2 Å². The van der Waals surface area contributed by atoms with Gasteiger partial charge in [-0.05, 0) is 13.0 Å². The van der Waals surface area contributed by atoms with Crippen LogP contribution in [0.15, 0.2) is 0 Å². The Morgan fingerprint density at radius 3 is 2.53 bits per heavy atom. The van der Waals surface area contributed by atoms with Gasteiger partial charge in [0, 0.05) is 26.1 Å². The maximum absolute atomic E-state index is 11.2. The molecule has 0 aliphatic carbocycles. The Bertz CT molecular complexity index is 293. The van der Waals surface area contributed by atoms with Crippen molar-refractivity contribution < 1.29 is 8.42 Å². The molecule has 88 valence electrons. The number of nitrogens with zero attached hydrogens (tertiary/aromatic N) is 1. The van der Waals surface area contributed by atoms with Crippen LogP contribution in [0.25, 0.3) is 0 Å². The first kappa shape index (κ1) is 14.4. The van der Waals surface area contributed by atoms with Gasteiger partial charge in [0.15, 0.2) is 0 Å². The van der Waals surface area contributed by atoms with E-state index in [1.807, 2.05) is 6.92 Å². The largest absolute Gasteiger partial charge is 0.316 e. The van der Waals surface area contributed by atoms with Gasteiger partial charge in [0.25, 0.3) is 0 Å². The summed E-state index contributed by atoms with van der Waals surface area (Å²) in [5, 5.41) is 3.15. The first-order valence-corrected chi connectivity index (χ1v) is 6.96. The minimum atomic E-state index is -3.04. The smallest absolute Gasteiger partial charge is 0.211 e. The molecule has 0 aromatic rings. The summed E-state index contributed by atoms with van der Waals surface area (Å²) in [6, 6.07) is 0. The number of terminal acetylenes is 1. The fraction of sp³-hybridized carbons (Fsp3) is 0.800. The van der Waals surface area contributed by atoms with Crippen LogP contribution >= 0.6 is 0 Å². The maximum atomic E-state index is 11.2. The second kappa shape index (κ2) is 7.69. The SMILES string of the molecule is C#CCCNCCCN(CC)S(C)(=O)=O. The van der Waals surface area contributed by atoms with Gasteiger partial charge < -0.3 is 5.32 Å². The Labute approximate surface area is 93.1 Å². The van der Waals surface area contributed by atoms with E-state index in [4.69, 9.17) is 6.42 Å². The number of hydrogen-bond donors (Lipinski definition) is 1. The van der Waals surface area contributed by atoms with Crippen LogP contribution in [-0.2, 0) is 10.0 Å². The molecule has 0 radical (unpaired) electrons. The van der Waals surface area contributed by atoms with Gasteiger partial charge in [0.2, 0.25) is 10.0 Å². The molecule has 0 saturated heterocycles. The van der Waals surface area contributed by atoms with E-state index in [-0.39, 0.29) is 0 Å². The van der Waals surface area contributed by atoms with Gasteiger partial charge in [0.1, 0.15) is 0 Å². The quantitative estimate of drug-likeness (QED) is 0.483. The van der Waals surface area contributed by atoms with Crippen LogP contribution in [0, 0.1) is 12.3 Å². The van der Waals surface area contributed by atoms with Crippen LogP contribution in [0.4, 0.5) is 0 Å². The zero-order valence-corrected chi connectivity index (χ0v) is 10.3. The van der Waals surface area contributed by atoms with Crippen molar-refractivity contribution in [1.82, 2.24) is 9.62 Å². The second-order valence-corrected chi connectivity index (χ2v) is 5.29. The highest BCUT2D eigenvalue weighted by Crippen LogP contribution is 1.97. The molecular weight excluding hydrogens is 212 g/mol. The van der Waals surface area contributed by atoms with Crippen molar-refractivity contribution in [2.45, 2.75) is 19.8 Å². The molecule has 0 amide bonds. The predicted octanol–water partition coefficient (Wildman–Crippen LogP) is 0.271. The molecule has 0 aromatic heterocycles. The second-order valence-electron chi connectivity index (χ2n) is 3.31. The predicted molar refractivity (Wildman–Crippen MR) is 63.0 cm³/mol. The molecule has 0 rings (SSSR count). The summed E-state index contributed by atoms with van der Waals surface area (Å²) in [7, 11) is -3.04. The number of nitrogens with one attached hydrogen (secondary N) is 1. The average molecular weight is 232 g/mol. The topological polar surface area (TPSA) is 49.4 Å². The molecule has 0 saturated carbocycles. The molecular formula is C10H20N2O2S. The molecule has 0 atom stereocenters. The van der Waals surface area contributed by atoms with E-state index in [2.05, 4.69) is 11.2 Å². The van der Waals surface area contributed by atoms with Crippen LogP contribution in [0.3, 0.4) is 0 Å². The Hall–Kier alpha value is -0.570. The molecule has 0 aliphatic rings. The third-order valence-corrected chi connectivity index (χ3v) is 3.41. The normalized spacial score (nSPS) is 11.6. The number of rotatable bonds is 8. The van der Waals surface area contributed by atoms with Gasteiger partial charge >= 0.3 is 0 Å². The first-order valence-electron chi connectivity index (χ1n) is 5.11. The standard InChI is InChI=1S/C10H20N2O2S/c1-4-6-8-11-9-7-10-12(5-2)15(3,13)14/h1,11H,5-10H2,2-3H3. The Morgan fingerprint density at radius 2 is 2.07 bits per heavy atom. The maximum Gasteiger partial charge on any atom is 0.211 e. The van der Waals surface area contributed by atoms with Gasteiger partial charge in [0.05, 0.1) is 6.26 Å². The van der Waals surface area contributed by atoms with Crippen molar-refractivity contribution in [3.05, 3.63) is 0 Å². The summed E-state index contributed by atoms with van der Waals surface area (Å²) in [4.78, 5) is 0. The Kier molecular flexibility index (Phi) is 7.39. The van der Waals surface area contributed by atoms with E-state index in [0.717, 1.165) is 19.5 Å². The summed E-state index contributed by atoms with van der Waals surface area (Å²) in [5.41, 5.74) is 0. The van der Waals surface area contributed by atoms with Gasteiger partial charge in [-0.2, -0.15) is 0 Å². The van der Waals surface area contributed by atoms with Crippen LogP contribution < -0.4 is 5.32 Å². The monoisotopic (exact) mass is 232 g/mol. The van der Waals surface area contributed by atoms with Gasteiger partial charge in [-0.1, -0.05) is 6.92 Å². The van der Waals surface area contributed by atoms with Gasteiger partial charge in [-0.25, -0.2) is 12.7 Å².